The van der Waals surface area contributed by atoms with E-state index in [0.717, 1.165) is 5.56 Å². The molecule has 0 aliphatic rings. The van der Waals surface area contributed by atoms with Gasteiger partial charge in [-0.25, -0.2) is 0 Å². The number of rotatable bonds is 7. The lowest BCUT2D eigenvalue weighted by atomic mass is 10.2. The van der Waals surface area contributed by atoms with Crippen LogP contribution in [-0.2, 0) is 11.3 Å². The van der Waals surface area contributed by atoms with Crippen molar-refractivity contribution in [3.8, 4) is 11.5 Å². The van der Waals surface area contributed by atoms with Gasteiger partial charge in [0.05, 0.1) is 7.11 Å². The van der Waals surface area contributed by atoms with E-state index in [0.29, 0.717) is 31.6 Å². The molecule has 1 aromatic carbocycles. The second kappa shape index (κ2) is 7.55. The summed E-state index contributed by atoms with van der Waals surface area (Å²) in [6, 6.07) is 5.00. The zero-order valence-electron chi connectivity index (χ0n) is 10.5. The Morgan fingerprint density at radius 1 is 1.39 bits per heavy atom. The number of aromatic hydroxyl groups is 1. The number of nitrogens with one attached hydrogen (secondary N) is 1. The maximum atomic E-state index is 11.4. The van der Waals surface area contributed by atoms with Crippen LogP contribution in [0.5, 0.6) is 11.5 Å². The third kappa shape index (κ3) is 4.63. The summed E-state index contributed by atoms with van der Waals surface area (Å²) in [5.41, 5.74) is 0.809. The number of hydrogen-bond acceptors (Lipinski definition) is 4. The quantitative estimate of drug-likeness (QED) is 0.638. The van der Waals surface area contributed by atoms with Crippen LogP contribution in [0.3, 0.4) is 0 Å². The fourth-order valence-electron chi connectivity index (χ4n) is 1.53. The molecule has 0 aliphatic heterocycles. The molecule has 0 aromatic heterocycles. The van der Waals surface area contributed by atoms with E-state index in [4.69, 9.17) is 9.84 Å². The second-order valence-electron chi connectivity index (χ2n) is 3.96. The van der Waals surface area contributed by atoms with Gasteiger partial charge in [0.2, 0.25) is 5.91 Å². The molecule has 0 heterocycles. The number of unbranched alkanes of at least 4 members (excludes halogenated alkanes) is 1. The number of phenols is 1. The molecule has 0 spiro atoms. The summed E-state index contributed by atoms with van der Waals surface area (Å²) in [6.45, 7) is 0.481. The first-order chi connectivity index (χ1) is 8.67. The molecule has 0 atom stereocenters. The lowest BCUT2D eigenvalue weighted by Gasteiger charge is -2.07. The standard InChI is InChI=1S/C13H19NO4/c1-18-12-6-5-10(8-11(12)16)9-14-13(17)4-2-3-7-15/h5-6,8,15-16H,2-4,7,9H2,1H3,(H,14,17). The Kier molecular flexibility index (Phi) is 6.00. The molecule has 1 rings (SSSR count). The SMILES string of the molecule is COc1ccc(CNC(=O)CCCCO)cc1O. The molecule has 5 nitrogen and oxygen atoms in total. The van der Waals surface area contributed by atoms with Gasteiger partial charge in [-0.05, 0) is 30.5 Å². The number of aliphatic hydroxyl groups is 1. The minimum absolute atomic E-state index is 0.0567. The van der Waals surface area contributed by atoms with E-state index in [1.54, 1.807) is 18.2 Å². The van der Waals surface area contributed by atoms with Crippen LogP contribution in [0.1, 0.15) is 24.8 Å². The van der Waals surface area contributed by atoms with Crippen LogP contribution in [0.2, 0.25) is 0 Å². The van der Waals surface area contributed by atoms with E-state index in [1.807, 2.05) is 0 Å². The first-order valence-corrected chi connectivity index (χ1v) is 5.91. The topological polar surface area (TPSA) is 78.8 Å². The largest absolute Gasteiger partial charge is 0.504 e. The maximum Gasteiger partial charge on any atom is 0.220 e. The highest BCUT2D eigenvalue weighted by atomic mass is 16.5. The number of phenolic OH excluding ortho intramolecular Hbond substituents is 1. The van der Waals surface area contributed by atoms with Crippen LogP contribution >= 0.6 is 0 Å². The Bertz CT molecular complexity index is 393. The third-order valence-electron chi connectivity index (χ3n) is 2.54. The lowest BCUT2D eigenvalue weighted by molar-refractivity contribution is -0.121. The number of ether oxygens (including phenoxy) is 1. The van der Waals surface area contributed by atoms with Crippen LogP contribution in [0, 0.1) is 0 Å². The average molecular weight is 253 g/mol. The van der Waals surface area contributed by atoms with Crippen molar-refractivity contribution in [1.29, 1.82) is 0 Å². The van der Waals surface area contributed by atoms with Crippen molar-refractivity contribution in [2.75, 3.05) is 13.7 Å². The van der Waals surface area contributed by atoms with Crippen LogP contribution in [0.25, 0.3) is 0 Å². The minimum Gasteiger partial charge on any atom is -0.504 e. The molecule has 100 valence electrons. The Morgan fingerprint density at radius 3 is 2.78 bits per heavy atom. The molecule has 0 fully saturated rings. The molecule has 0 aliphatic carbocycles. The summed E-state index contributed by atoms with van der Waals surface area (Å²) in [6.07, 6.45) is 1.72. The fourth-order valence-corrected chi connectivity index (χ4v) is 1.53. The van der Waals surface area contributed by atoms with Crippen molar-refractivity contribution in [2.24, 2.45) is 0 Å². The number of amides is 1. The Hall–Kier alpha value is -1.75. The molecule has 0 radical (unpaired) electrons. The first kappa shape index (κ1) is 14.3. The summed E-state index contributed by atoms with van der Waals surface area (Å²) in [7, 11) is 1.48. The Labute approximate surface area is 106 Å². The third-order valence-corrected chi connectivity index (χ3v) is 2.54. The van der Waals surface area contributed by atoms with Crippen molar-refractivity contribution >= 4 is 5.91 Å². The molecule has 1 amide bonds. The van der Waals surface area contributed by atoms with Crippen molar-refractivity contribution in [1.82, 2.24) is 5.32 Å². The number of aliphatic hydroxyl groups excluding tert-OH is 1. The molecule has 18 heavy (non-hydrogen) atoms. The molecule has 1 aromatic rings. The maximum absolute atomic E-state index is 11.4. The molecule has 0 saturated carbocycles. The molecule has 0 bridgehead atoms. The van der Waals surface area contributed by atoms with Gasteiger partial charge >= 0.3 is 0 Å². The van der Waals surface area contributed by atoms with Gasteiger partial charge in [-0.3, -0.25) is 4.79 Å². The van der Waals surface area contributed by atoms with Gasteiger partial charge in [-0.1, -0.05) is 6.07 Å². The van der Waals surface area contributed by atoms with Gasteiger partial charge in [0.25, 0.3) is 0 Å². The van der Waals surface area contributed by atoms with Crippen LogP contribution in [0.15, 0.2) is 18.2 Å². The highest BCUT2D eigenvalue weighted by Crippen LogP contribution is 2.25. The zero-order chi connectivity index (χ0) is 13.4. The molecule has 3 N–H and O–H groups in total. The first-order valence-electron chi connectivity index (χ1n) is 5.91. The van der Waals surface area contributed by atoms with Gasteiger partial charge in [-0.15, -0.1) is 0 Å². The van der Waals surface area contributed by atoms with Crippen LogP contribution < -0.4 is 10.1 Å². The molecule has 0 saturated heterocycles. The van der Waals surface area contributed by atoms with Crippen LogP contribution in [-0.4, -0.2) is 29.8 Å². The monoisotopic (exact) mass is 253 g/mol. The number of carbonyl (C=O) groups excluding carboxylic acids is 1. The number of carbonyl (C=O) groups is 1. The Balaban J connectivity index is 2.39. The summed E-state index contributed by atoms with van der Waals surface area (Å²) >= 11 is 0. The van der Waals surface area contributed by atoms with E-state index < -0.39 is 0 Å². The highest BCUT2D eigenvalue weighted by Gasteiger charge is 2.04. The van der Waals surface area contributed by atoms with Crippen molar-refractivity contribution in [3.63, 3.8) is 0 Å². The molecular weight excluding hydrogens is 234 g/mol. The van der Waals surface area contributed by atoms with Crippen molar-refractivity contribution < 1.29 is 19.7 Å². The van der Waals surface area contributed by atoms with E-state index in [-0.39, 0.29) is 18.3 Å². The normalized spacial score (nSPS) is 10.1. The average Bonchev–Trinajstić information content (AvgIpc) is 2.37. The summed E-state index contributed by atoms with van der Waals surface area (Å²) in [5.74, 6) is 0.413. The molecule has 0 unspecified atom stereocenters. The van der Waals surface area contributed by atoms with Gasteiger partial charge in [-0.2, -0.15) is 0 Å². The zero-order valence-corrected chi connectivity index (χ0v) is 10.5. The number of methoxy groups -OCH3 is 1. The predicted octanol–water partition coefficient (Wildman–Crippen LogP) is 1.18. The van der Waals surface area contributed by atoms with Crippen LogP contribution in [0.4, 0.5) is 0 Å². The van der Waals surface area contributed by atoms with Crippen molar-refractivity contribution in [3.05, 3.63) is 23.8 Å². The van der Waals surface area contributed by atoms with E-state index in [9.17, 15) is 9.90 Å². The number of benzene rings is 1. The smallest absolute Gasteiger partial charge is 0.220 e. The summed E-state index contributed by atoms with van der Waals surface area (Å²) < 4.78 is 4.93. The second-order valence-corrected chi connectivity index (χ2v) is 3.96. The lowest BCUT2D eigenvalue weighted by Crippen LogP contribution is -2.22. The minimum atomic E-state index is -0.0567. The van der Waals surface area contributed by atoms with Gasteiger partial charge in [0.15, 0.2) is 11.5 Å². The Morgan fingerprint density at radius 2 is 2.17 bits per heavy atom. The summed E-state index contributed by atoms with van der Waals surface area (Å²) in [4.78, 5) is 11.4. The predicted molar refractivity (Wildman–Crippen MR) is 67.4 cm³/mol. The number of hydrogen-bond donors (Lipinski definition) is 3. The van der Waals surface area contributed by atoms with E-state index >= 15 is 0 Å². The molecular formula is C13H19NO4. The van der Waals surface area contributed by atoms with E-state index in [1.165, 1.54) is 7.11 Å². The van der Waals surface area contributed by atoms with Gasteiger partial charge < -0.3 is 20.3 Å². The highest BCUT2D eigenvalue weighted by molar-refractivity contribution is 5.75. The van der Waals surface area contributed by atoms with Crippen molar-refractivity contribution in [2.45, 2.75) is 25.8 Å². The fraction of sp³-hybridized carbons (Fsp3) is 0.462. The molecule has 5 heteroatoms. The van der Waals surface area contributed by atoms with Gasteiger partial charge in [0, 0.05) is 19.6 Å². The summed E-state index contributed by atoms with van der Waals surface area (Å²) in [5, 5.41) is 20.9. The van der Waals surface area contributed by atoms with Gasteiger partial charge in [0.1, 0.15) is 0 Å². The van der Waals surface area contributed by atoms with E-state index in [2.05, 4.69) is 5.32 Å².